The Morgan fingerprint density at radius 3 is 2.48 bits per heavy atom. The number of hydrogen-bond donors (Lipinski definition) is 0. The van der Waals surface area contributed by atoms with Crippen LogP contribution in [0.2, 0.25) is 0 Å². The van der Waals surface area contributed by atoms with E-state index < -0.39 is 0 Å². The molecule has 1 amide bonds. The predicted octanol–water partition coefficient (Wildman–Crippen LogP) is 3.66. The topological polar surface area (TPSA) is 29.5 Å². The zero-order valence-corrected chi connectivity index (χ0v) is 13.1. The normalized spacial score (nSPS) is 22.3. The van der Waals surface area contributed by atoms with Gasteiger partial charge < -0.3 is 9.64 Å². The molecule has 0 bridgehead atoms. The third kappa shape index (κ3) is 3.01. The van der Waals surface area contributed by atoms with Crippen molar-refractivity contribution in [3.8, 4) is 11.1 Å². The lowest BCUT2D eigenvalue weighted by Gasteiger charge is -2.35. The molecule has 0 radical (unpaired) electrons. The quantitative estimate of drug-likeness (QED) is 0.847. The summed E-state index contributed by atoms with van der Waals surface area (Å²) in [5.74, 6) is 0.117. The van der Waals surface area contributed by atoms with Crippen LogP contribution < -0.4 is 0 Å². The zero-order valence-electron chi connectivity index (χ0n) is 12.3. The van der Waals surface area contributed by atoms with Crippen LogP contribution in [0.5, 0.6) is 0 Å². The lowest BCUT2D eigenvalue weighted by Crippen LogP contribution is -2.48. The van der Waals surface area contributed by atoms with Crippen LogP contribution in [0.15, 0.2) is 41.8 Å². The van der Waals surface area contributed by atoms with Crippen molar-refractivity contribution in [2.45, 2.75) is 26.1 Å². The molecule has 21 heavy (non-hydrogen) atoms. The van der Waals surface area contributed by atoms with Crippen LogP contribution in [0.1, 0.15) is 23.5 Å². The van der Waals surface area contributed by atoms with Crippen molar-refractivity contribution in [3.05, 3.63) is 46.7 Å². The number of nitrogens with zero attached hydrogens (tertiary/aromatic N) is 1. The lowest BCUT2D eigenvalue weighted by atomic mass is 10.1. The summed E-state index contributed by atoms with van der Waals surface area (Å²) in [4.78, 5) is 15.6. The van der Waals surface area contributed by atoms with E-state index in [4.69, 9.17) is 4.74 Å². The van der Waals surface area contributed by atoms with Crippen LogP contribution in [0.25, 0.3) is 11.1 Å². The Morgan fingerprint density at radius 2 is 1.81 bits per heavy atom. The minimum absolute atomic E-state index is 0.0952. The molecule has 110 valence electrons. The van der Waals surface area contributed by atoms with E-state index in [2.05, 4.69) is 0 Å². The lowest BCUT2D eigenvalue weighted by molar-refractivity contribution is -0.0584. The molecule has 2 atom stereocenters. The molecule has 0 N–H and O–H groups in total. The largest absolute Gasteiger partial charge is 0.372 e. The molecular formula is C17H19NO2S. The van der Waals surface area contributed by atoms with Gasteiger partial charge in [-0.05, 0) is 30.9 Å². The van der Waals surface area contributed by atoms with Crippen LogP contribution in [0, 0.1) is 0 Å². The summed E-state index contributed by atoms with van der Waals surface area (Å²) in [6.07, 6.45) is 0.190. The highest BCUT2D eigenvalue weighted by atomic mass is 32.1. The molecule has 1 fully saturated rings. The average molecular weight is 301 g/mol. The molecule has 0 aliphatic carbocycles. The van der Waals surface area contributed by atoms with Crippen molar-refractivity contribution >= 4 is 17.2 Å². The Bertz CT molecular complexity index is 613. The van der Waals surface area contributed by atoms with Gasteiger partial charge in [0.25, 0.3) is 5.91 Å². The Labute approximate surface area is 129 Å². The van der Waals surface area contributed by atoms with Crippen LogP contribution in [0.4, 0.5) is 0 Å². The van der Waals surface area contributed by atoms with Crippen molar-refractivity contribution in [2.75, 3.05) is 13.1 Å². The Kier molecular flexibility index (Phi) is 4.08. The average Bonchev–Trinajstić information content (AvgIpc) is 2.95. The van der Waals surface area contributed by atoms with Crippen molar-refractivity contribution in [3.63, 3.8) is 0 Å². The molecule has 1 saturated heterocycles. The number of ether oxygens (including phenoxy) is 1. The molecule has 3 rings (SSSR count). The van der Waals surface area contributed by atoms with Gasteiger partial charge in [0.15, 0.2) is 0 Å². The second kappa shape index (κ2) is 6.00. The van der Waals surface area contributed by atoms with Crippen LogP contribution in [0.3, 0.4) is 0 Å². The molecule has 0 unspecified atom stereocenters. The van der Waals surface area contributed by atoms with Crippen molar-refractivity contribution < 1.29 is 9.53 Å². The summed E-state index contributed by atoms with van der Waals surface area (Å²) >= 11 is 1.52. The molecule has 2 aromatic rings. The molecular weight excluding hydrogens is 282 g/mol. The number of carbonyl (C=O) groups excluding carboxylic acids is 1. The molecule has 3 nitrogen and oxygen atoms in total. The first kappa shape index (κ1) is 14.3. The fourth-order valence-electron chi connectivity index (χ4n) is 2.81. The van der Waals surface area contributed by atoms with E-state index in [-0.39, 0.29) is 18.1 Å². The Hall–Kier alpha value is -1.65. The number of benzene rings is 1. The monoisotopic (exact) mass is 301 g/mol. The minimum atomic E-state index is 0.0952. The smallest absolute Gasteiger partial charge is 0.264 e. The molecule has 4 heteroatoms. The van der Waals surface area contributed by atoms with Gasteiger partial charge in [-0.25, -0.2) is 0 Å². The van der Waals surface area contributed by atoms with Crippen molar-refractivity contribution in [1.82, 2.24) is 4.90 Å². The van der Waals surface area contributed by atoms with E-state index in [1.807, 2.05) is 60.5 Å². The van der Waals surface area contributed by atoms with E-state index >= 15 is 0 Å². The second-order valence-corrected chi connectivity index (χ2v) is 6.41. The molecule has 1 aliphatic rings. The first-order valence-corrected chi connectivity index (χ1v) is 8.10. The van der Waals surface area contributed by atoms with Gasteiger partial charge in [-0.15, -0.1) is 11.3 Å². The van der Waals surface area contributed by atoms with Gasteiger partial charge in [0.05, 0.1) is 17.1 Å². The Balaban J connectivity index is 1.88. The molecule has 0 spiro atoms. The van der Waals surface area contributed by atoms with Gasteiger partial charge in [0.2, 0.25) is 0 Å². The van der Waals surface area contributed by atoms with Gasteiger partial charge in [-0.1, -0.05) is 30.3 Å². The summed E-state index contributed by atoms with van der Waals surface area (Å²) in [6.45, 7) is 5.36. The van der Waals surface area contributed by atoms with Crippen LogP contribution in [-0.4, -0.2) is 36.1 Å². The summed E-state index contributed by atoms with van der Waals surface area (Å²) in [5.41, 5.74) is 2.12. The highest BCUT2D eigenvalue weighted by Crippen LogP contribution is 2.30. The number of carbonyl (C=O) groups is 1. The first-order chi connectivity index (χ1) is 10.1. The third-order valence-electron chi connectivity index (χ3n) is 3.65. The van der Waals surface area contributed by atoms with Gasteiger partial charge in [0, 0.05) is 18.7 Å². The maximum Gasteiger partial charge on any atom is 0.264 e. The number of morpholine rings is 1. The van der Waals surface area contributed by atoms with Crippen molar-refractivity contribution in [1.29, 1.82) is 0 Å². The zero-order chi connectivity index (χ0) is 14.8. The number of rotatable bonds is 2. The summed E-state index contributed by atoms with van der Waals surface area (Å²) in [5, 5.41) is 1.99. The minimum Gasteiger partial charge on any atom is -0.372 e. The maximum absolute atomic E-state index is 12.8. The van der Waals surface area contributed by atoms with Gasteiger partial charge in [-0.2, -0.15) is 0 Å². The van der Waals surface area contributed by atoms with E-state index in [0.29, 0.717) is 13.1 Å². The third-order valence-corrected chi connectivity index (χ3v) is 4.55. The van der Waals surface area contributed by atoms with Gasteiger partial charge in [-0.3, -0.25) is 4.79 Å². The molecule has 1 aromatic carbocycles. The van der Waals surface area contributed by atoms with Gasteiger partial charge >= 0.3 is 0 Å². The Morgan fingerprint density at radius 1 is 1.14 bits per heavy atom. The summed E-state index contributed by atoms with van der Waals surface area (Å²) in [6, 6.07) is 12.1. The van der Waals surface area contributed by atoms with Crippen LogP contribution in [-0.2, 0) is 4.74 Å². The maximum atomic E-state index is 12.8. The molecule has 0 saturated carbocycles. The second-order valence-electron chi connectivity index (χ2n) is 5.50. The summed E-state index contributed by atoms with van der Waals surface area (Å²) in [7, 11) is 0. The van der Waals surface area contributed by atoms with Crippen molar-refractivity contribution in [2.24, 2.45) is 0 Å². The highest BCUT2D eigenvalue weighted by Gasteiger charge is 2.28. The fourth-order valence-corrected chi connectivity index (χ4v) is 3.69. The van der Waals surface area contributed by atoms with E-state index in [9.17, 15) is 4.79 Å². The van der Waals surface area contributed by atoms with E-state index in [1.54, 1.807) is 0 Å². The SMILES string of the molecule is C[C@H]1CN(C(=O)c2sccc2-c2ccccc2)C[C@H](C)O1. The molecule has 1 aromatic heterocycles. The number of amides is 1. The predicted molar refractivity (Wildman–Crippen MR) is 85.7 cm³/mol. The highest BCUT2D eigenvalue weighted by molar-refractivity contribution is 7.12. The van der Waals surface area contributed by atoms with E-state index in [1.165, 1.54) is 11.3 Å². The number of thiophene rings is 1. The molecule has 1 aliphatic heterocycles. The molecule has 2 heterocycles. The fraction of sp³-hybridized carbons (Fsp3) is 0.353. The standard InChI is InChI=1S/C17H19NO2S/c1-12-10-18(11-13(2)20-12)17(19)16-15(8-9-21-16)14-6-4-3-5-7-14/h3-9,12-13H,10-11H2,1-2H3/t12-,13-/m0/s1. The van der Waals surface area contributed by atoms with E-state index in [0.717, 1.165) is 16.0 Å². The van der Waals surface area contributed by atoms with Gasteiger partial charge in [0.1, 0.15) is 0 Å². The first-order valence-electron chi connectivity index (χ1n) is 7.23. The summed E-state index contributed by atoms with van der Waals surface area (Å²) < 4.78 is 5.71. The number of hydrogen-bond acceptors (Lipinski definition) is 3. The van der Waals surface area contributed by atoms with Crippen LogP contribution >= 0.6 is 11.3 Å².